The molecule has 206 valence electrons. The molecule has 3 aliphatic rings. The molecule has 5 N–H and O–H groups in total. The normalized spacial score (nSPS) is 25.2. The van der Waals surface area contributed by atoms with E-state index in [1.807, 2.05) is 18.2 Å². The summed E-state index contributed by atoms with van der Waals surface area (Å²) in [5.74, 6) is -0.391. The molecule has 8 nitrogen and oxygen atoms in total. The van der Waals surface area contributed by atoms with Gasteiger partial charge in [-0.2, -0.15) is 0 Å². The quantitative estimate of drug-likeness (QED) is 0.357. The van der Waals surface area contributed by atoms with Crippen molar-refractivity contribution in [3.8, 4) is 0 Å². The van der Waals surface area contributed by atoms with Crippen molar-refractivity contribution in [2.75, 3.05) is 17.2 Å². The Labute approximate surface area is 234 Å². The third-order valence-corrected chi connectivity index (χ3v) is 8.73. The molecule has 3 aromatic rings. The highest BCUT2D eigenvalue weighted by Gasteiger charge is 2.48. The molecule has 0 spiro atoms. The summed E-state index contributed by atoms with van der Waals surface area (Å²) in [5.41, 5.74) is 9.73. The van der Waals surface area contributed by atoms with E-state index < -0.39 is 5.91 Å². The lowest BCUT2D eigenvalue weighted by molar-refractivity contribution is -0.138. The zero-order chi connectivity index (χ0) is 27.6. The van der Waals surface area contributed by atoms with Gasteiger partial charge in [0.25, 0.3) is 0 Å². The number of fused-ring (bicyclic) bond motifs is 3. The van der Waals surface area contributed by atoms with Gasteiger partial charge in [0.1, 0.15) is 0 Å². The predicted molar refractivity (Wildman–Crippen MR) is 155 cm³/mol. The SMILES string of the molecule is NC(=O)c1ccc(NC(=O)N[C@@H]2CCCC[C@@H]2C(=O)N2CC[C@@H]3[C@H](c4ccccc4)Nc4ccccc4[C@@H]32)cc1. The Hall–Kier alpha value is -4.33. The van der Waals surface area contributed by atoms with Crippen LogP contribution >= 0.6 is 0 Å². The number of anilines is 2. The largest absolute Gasteiger partial charge is 0.378 e. The molecule has 2 aliphatic heterocycles. The number of carbonyl (C=O) groups excluding carboxylic acids is 3. The number of likely N-dealkylation sites (tertiary alicyclic amines) is 1. The zero-order valence-electron chi connectivity index (χ0n) is 22.4. The van der Waals surface area contributed by atoms with Crippen molar-refractivity contribution >= 4 is 29.2 Å². The number of nitrogens with one attached hydrogen (secondary N) is 3. The van der Waals surface area contributed by atoms with Crippen molar-refractivity contribution in [1.29, 1.82) is 0 Å². The summed E-state index contributed by atoms with van der Waals surface area (Å²) in [5, 5.41) is 9.68. The molecule has 1 saturated carbocycles. The summed E-state index contributed by atoms with van der Waals surface area (Å²) in [6.07, 6.45) is 4.38. The molecule has 1 aliphatic carbocycles. The van der Waals surface area contributed by atoms with Crippen LogP contribution in [0.25, 0.3) is 0 Å². The highest BCUT2D eigenvalue weighted by Crippen LogP contribution is 2.51. The molecule has 0 unspecified atom stereocenters. The molecular formula is C32H35N5O3. The summed E-state index contributed by atoms with van der Waals surface area (Å²) in [6.45, 7) is 0.704. The number of hydrogen-bond acceptors (Lipinski definition) is 4. The number of rotatable bonds is 5. The van der Waals surface area contributed by atoms with Gasteiger partial charge in [-0.05, 0) is 60.7 Å². The average molecular weight is 538 g/mol. The van der Waals surface area contributed by atoms with Crippen LogP contribution < -0.4 is 21.7 Å². The number of amides is 4. The number of hydrogen-bond donors (Lipinski definition) is 4. The van der Waals surface area contributed by atoms with Gasteiger partial charge in [-0.1, -0.05) is 61.4 Å². The van der Waals surface area contributed by atoms with Crippen LogP contribution in [0.3, 0.4) is 0 Å². The molecule has 0 aromatic heterocycles. The van der Waals surface area contributed by atoms with Gasteiger partial charge >= 0.3 is 6.03 Å². The highest BCUT2D eigenvalue weighted by atomic mass is 16.2. The van der Waals surface area contributed by atoms with Crippen LogP contribution in [0.1, 0.15) is 65.7 Å². The van der Waals surface area contributed by atoms with E-state index in [2.05, 4.69) is 57.2 Å². The van der Waals surface area contributed by atoms with Crippen LogP contribution in [0.15, 0.2) is 78.9 Å². The molecule has 0 bridgehead atoms. The first-order chi connectivity index (χ1) is 19.5. The van der Waals surface area contributed by atoms with E-state index in [1.54, 1.807) is 24.3 Å². The minimum absolute atomic E-state index is 0.00432. The van der Waals surface area contributed by atoms with Crippen molar-refractivity contribution < 1.29 is 14.4 Å². The predicted octanol–water partition coefficient (Wildman–Crippen LogP) is 5.22. The Balaban J connectivity index is 1.20. The Morgan fingerprint density at radius 3 is 2.35 bits per heavy atom. The summed E-state index contributed by atoms with van der Waals surface area (Å²) < 4.78 is 0. The second-order valence-electron chi connectivity index (χ2n) is 11.1. The van der Waals surface area contributed by atoms with Crippen LogP contribution in [0.5, 0.6) is 0 Å². The Morgan fingerprint density at radius 1 is 0.850 bits per heavy atom. The fourth-order valence-electron chi connectivity index (χ4n) is 6.83. The van der Waals surface area contributed by atoms with Crippen molar-refractivity contribution in [3.63, 3.8) is 0 Å². The maximum Gasteiger partial charge on any atom is 0.319 e. The number of nitrogens with two attached hydrogens (primary N) is 1. The second kappa shape index (κ2) is 11.0. The molecular weight excluding hydrogens is 502 g/mol. The lowest BCUT2D eigenvalue weighted by atomic mass is 9.79. The summed E-state index contributed by atoms with van der Waals surface area (Å²) in [6, 6.07) is 24.8. The first-order valence-electron chi connectivity index (χ1n) is 14.2. The third kappa shape index (κ3) is 5.01. The molecule has 2 fully saturated rings. The van der Waals surface area contributed by atoms with Crippen LogP contribution in [0.4, 0.5) is 16.2 Å². The van der Waals surface area contributed by atoms with E-state index in [0.29, 0.717) is 17.8 Å². The molecule has 4 amide bonds. The fraction of sp³-hybridized carbons (Fsp3) is 0.344. The lowest BCUT2D eigenvalue weighted by Gasteiger charge is -2.42. The van der Waals surface area contributed by atoms with Crippen LogP contribution in [0, 0.1) is 11.8 Å². The minimum Gasteiger partial charge on any atom is -0.378 e. The summed E-state index contributed by atoms with van der Waals surface area (Å²) in [7, 11) is 0. The van der Waals surface area contributed by atoms with Crippen LogP contribution in [-0.2, 0) is 4.79 Å². The Bertz CT molecular complexity index is 1390. The van der Waals surface area contributed by atoms with Crippen molar-refractivity contribution in [2.24, 2.45) is 17.6 Å². The van der Waals surface area contributed by atoms with Gasteiger partial charge in [0.2, 0.25) is 11.8 Å². The topological polar surface area (TPSA) is 117 Å². The van der Waals surface area contributed by atoms with E-state index in [1.165, 1.54) is 11.1 Å². The Kier molecular flexibility index (Phi) is 7.15. The first kappa shape index (κ1) is 25.9. The number of para-hydroxylation sites is 1. The van der Waals surface area contributed by atoms with Gasteiger partial charge in [-0.15, -0.1) is 0 Å². The second-order valence-corrected chi connectivity index (χ2v) is 11.1. The van der Waals surface area contributed by atoms with E-state index in [-0.39, 0.29) is 41.9 Å². The van der Waals surface area contributed by atoms with E-state index in [9.17, 15) is 14.4 Å². The standard InChI is InChI=1S/C32H35N5O3/c33-30(38)21-14-16-22(17-15-21)34-32(40)36-27-13-7-5-11-24(27)31(39)37-19-18-25-28(20-8-2-1-3-9-20)35-26-12-6-4-10-23(26)29(25)37/h1-4,6,8-10,12,14-17,24-25,27-29,35H,5,7,11,13,18-19H2,(H2,33,38)(H2,34,36,40)/t24-,25+,27+,28-,29-/m0/s1. The number of urea groups is 1. The maximum absolute atomic E-state index is 14.2. The lowest BCUT2D eigenvalue weighted by Crippen LogP contribution is -2.51. The fourth-order valence-corrected chi connectivity index (χ4v) is 6.83. The average Bonchev–Trinajstić information content (AvgIpc) is 3.43. The molecule has 1 saturated heterocycles. The molecule has 8 heteroatoms. The van der Waals surface area contributed by atoms with E-state index in [0.717, 1.165) is 37.8 Å². The number of benzene rings is 3. The van der Waals surface area contributed by atoms with Crippen LogP contribution in [-0.4, -0.2) is 35.3 Å². The zero-order valence-corrected chi connectivity index (χ0v) is 22.4. The van der Waals surface area contributed by atoms with Gasteiger partial charge in [0.05, 0.1) is 18.0 Å². The molecule has 40 heavy (non-hydrogen) atoms. The Morgan fingerprint density at radius 2 is 1.57 bits per heavy atom. The first-order valence-corrected chi connectivity index (χ1v) is 14.2. The third-order valence-electron chi connectivity index (χ3n) is 8.73. The van der Waals surface area contributed by atoms with E-state index >= 15 is 0 Å². The summed E-state index contributed by atoms with van der Waals surface area (Å²) >= 11 is 0. The van der Waals surface area contributed by atoms with Gasteiger partial charge in [0.15, 0.2) is 0 Å². The molecule has 3 aromatic carbocycles. The monoisotopic (exact) mass is 537 g/mol. The van der Waals surface area contributed by atoms with Crippen molar-refractivity contribution in [1.82, 2.24) is 10.2 Å². The number of carbonyl (C=O) groups is 3. The van der Waals surface area contributed by atoms with Crippen LogP contribution in [0.2, 0.25) is 0 Å². The van der Waals surface area contributed by atoms with E-state index in [4.69, 9.17) is 5.73 Å². The maximum atomic E-state index is 14.2. The van der Waals surface area contributed by atoms with Crippen molar-refractivity contribution in [2.45, 2.75) is 50.2 Å². The molecule has 5 atom stereocenters. The van der Waals surface area contributed by atoms with Crippen molar-refractivity contribution in [3.05, 3.63) is 95.6 Å². The van der Waals surface area contributed by atoms with Gasteiger partial charge < -0.3 is 26.6 Å². The smallest absolute Gasteiger partial charge is 0.319 e. The molecule has 0 radical (unpaired) electrons. The van der Waals surface area contributed by atoms with Gasteiger partial charge in [0, 0.05) is 35.4 Å². The van der Waals surface area contributed by atoms with Gasteiger partial charge in [-0.3, -0.25) is 9.59 Å². The highest BCUT2D eigenvalue weighted by molar-refractivity contribution is 5.94. The molecule has 2 heterocycles. The summed E-state index contributed by atoms with van der Waals surface area (Å²) in [4.78, 5) is 40.6. The minimum atomic E-state index is -0.518. The number of nitrogens with zero attached hydrogens (tertiary/aromatic N) is 1. The number of primary amides is 1. The van der Waals surface area contributed by atoms with Gasteiger partial charge in [-0.25, -0.2) is 4.79 Å². The molecule has 6 rings (SSSR count).